The lowest BCUT2D eigenvalue weighted by Crippen LogP contribution is -2.39. The number of aliphatic hydroxyl groups excluding tert-OH is 1. The van der Waals surface area contributed by atoms with Crippen LogP contribution in [-0.2, 0) is 17.9 Å². The van der Waals surface area contributed by atoms with E-state index in [4.69, 9.17) is 21.4 Å². The molecule has 0 saturated heterocycles. The van der Waals surface area contributed by atoms with Crippen molar-refractivity contribution in [2.75, 3.05) is 13.7 Å². The summed E-state index contributed by atoms with van der Waals surface area (Å²) in [5, 5.41) is 10.8. The molecule has 0 heterocycles. The zero-order valence-electron chi connectivity index (χ0n) is 13.5. The number of aliphatic hydroxyl groups is 1. The van der Waals surface area contributed by atoms with Crippen LogP contribution in [0.2, 0.25) is 5.02 Å². The van der Waals surface area contributed by atoms with Crippen molar-refractivity contribution in [3.63, 3.8) is 0 Å². The lowest BCUT2D eigenvalue weighted by atomic mass is 10.2. The maximum Gasteiger partial charge on any atom is 0.238 e. The van der Waals surface area contributed by atoms with E-state index in [1.807, 2.05) is 48.5 Å². The van der Waals surface area contributed by atoms with Crippen LogP contribution in [0.15, 0.2) is 48.5 Å². The fourth-order valence-electron chi connectivity index (χ4n) is 2.06. The van der Waals surface area contributed by atoms with Gasteiger partial charge in [-0.25, -0.2) is 5.43 Å². The Kier molecular flexibility index (Phi) is 7.06. The molecule has 0 radical (unpaired) electrons. The van der Waals surface area contributed by atoms with E-state index in [0.29, 0.717) is 18.2 Å². The van der Waals surface area contributed by atoms with Crippen molar-refractivity contribution in [2.45, 2.75) is 19.6 Å². The van der Waals surface area contributed by atoms with E-state index in [1.54, 1.807) is 7.05 Å². The van der Waals surface area contributed by atoms with Gasteiger partial charge in [-0.15, -0.1) is 0 Å². The minimum atomic E-state index is -0.154. The first kappa shape index (κ1) is 18.3. The Balaban J connectivity index is 1.81. The fraction of sp³-hybridized carbons (Fsp3) is 0.278. The van der Waals surface area contributed by atoms with Crippen molar-refractivity contribution in [1.82, 2.24) is 10.4 Å². The van der Waals surface area contributed by atoms with Crippen molar-refractivity contribution in [1.29, 1.82) is 0 Å². The predicted octanol–water partition coefficient (Wildman–Crippen LogP) is 2.76. The molecule has 2 aromatic carbocycles. The second-order valence-electron chi connectivity index (χ2n) is 5.32. The number of carbonyl (C=O) groups excluding carboxylic acids is 1. The van der Waals surface area contributed by atoms with Crippen LogP contribution in [0.1, 0.15) is 17.5 Å². The number of hydrogen-bond donors (Lipinski definition) is 2. The molecule has 0 aliphatic carbocycles. The van der Waals surface area contributed by atoms with Gasteiger partial charge in [-0.1, -0.05) is 35.9 Å². The highest BCUT2D eigenvalue weighted by molar-refractivity contribution is 6.30. The number of halogens is 1. The van der Waals surface area contributed by atoms with Gasteiger partial charge in [-0.05, 0) is 35.4 Å². The van der Waals surface area contributed by atoms with Crippen LogP contribution in [0.3, 0.4) is 0 Å². The van der Waals surface area contributed by atoms with Crippen LogP contribution in [0, 0.1) is 0 Å². The summed E-state index contributed by atoms with van der Waals surface area (Å²) in [4.78, 5) is 11.5. The monoisotopic (exact) mass is 348 g/mol. The zero-order chi connectivity index (χ0) is 17.4. The van der Waals surface area contributed by atoms with E-state index in [9.17, 15) is 4.79 Å². The third-order valence-electron chi connectivity index (χ3n) is 3.44. The number of hydrogen-bond acceptors (Lipinski definition) is 4. The van der Waals surface area contributed by atoms with Crippen molar-refractivity contribution < 1.29 is 14.6 Å². The molecule has 0 saturated carbocycles. The van der Waals surface area contributed by atoms with Crippen molar-refractivity contribution in [2.24, 2.45) is 0 Å². The lowest BCUT2D eigenvalue weighted by Gasteiger charge is -2.18. The second kappa shape index (κ2) is 9.27. The molecule has 2 N–H and O–H groups in total. The Morgan fingerprint density at radius 3 is 2.62 bits per heavy atom. The average Bonchev–Trinajstić information content (AvgIpc) is 2.59. The van der Waals surface area contributed by atoms with Gasteiger partial charge in [0.05, 0.1) is 13.0 Å². The van der Waals surface area contributed by atoms with E-state index in [1.165, 1.54) is 5.01 Å². The van der Waals surface area contributed by atoms with E-state index < -0.39 is 0 Å². The second-order valence-corrected chi connectivity index (χ2v) is 5.76. The van der Waals surface area contributed by atoms with E-state index in [-0.39, 0.29) is 18.9 Å². The quantitative estimate of drug-likeness (QED) is 0.720. The van der Waals surface area contributed by atoms with Gasteiger partial charge in [0.1, 0.15) is 12.4 Å². The van der Waals surface area contributed by atoms with Gasteiger partial charge in [0.2, 0.25) is 5.91 Å². The SMILES string of the molecule is CN(NCc1ccc(OCc2cccc(Cl)c2)cc1)C(=O)CCO. The summed E-state index contributed by atoms with van der Waals surface area (Å²) in [5.41, 5.74) is 5.02. The summed E-state index contributed by atoms with van der Waals surface area (Å²) in [7, 11) is 1.64. The number of ether oxygens (including phenoxy) is 1. The number of rotatable bonds is 8. The molecule has 128 valence electrons. The third-order valence-corrected chi connectivity index (χ3v) is 3.67. The van der Waals surface area contributed by atoms with Crippen LogP contribution in [0.25, 0.3) is 0 Å². The molecule has 0 unspecified atom stereocenters. The molecule has 2 aromatic rings. The van der Waals surface area contributed by atoms with Crippen molar-refractivity contribution >= 4 is 17.5 Å². The molecule has 0 atom stereocenters. The Morgan fingerprint density at radius 2 is 1.96 bits per heavy atom. The Morgan fingerprint density at radius 1 is 1.21 bits per heavy atom. The molecule has 24 heavy (non-hydrogen) atoms. The van der Waals surface area contributed by atoms with Gasteiger partial charge in [0, 0.05) is 18.6 Å². The molecule has 0 spiro atoms. The van der Waals surface area contributed by atoms with Crippen LogP contribution < -0.4 is 10.2 Å². The number of amides is 1. The van der Waals surface area contributed by atoms with E-state index in [0.717, 1.165) is 16.9 Å². The highest BCUT2D eigenvalue weighted by atomic mass is 35.5. The normalized spacial score (nSPS) is 10.5. The highest BCUT2D eigenvalue weighted by Gasteiger charge is 2.07. The molecule has 0 fully saturated rings. The highest BCUT2D eigenvalue weighted by Crippen LogP contribution is 2.16. The standard InChI is InChI=1S/C18H21ClN2O3/c1-21(18(23)9-10-22)20-12-14-5-7-17(8-6-14)24-13-15-3-2-4-16(19)11-15/h2-8,11,20,22H,9-10,12-13H2,1H3. The average molecular weight is 349 g/mol. The largest absolute Gasteiger partial charge is 0.489 e. The van der Waals surface area contributed by atoms with Crippen LogP contribution in [0.5, 0.6) is 5.75 Å². The summed E-state index contributed by atoms with van der Waals surface area (Å²) >= 11 is 5.95. The van der Waals surface area contributed by atoms with Crippen LogP contribution in [-0.4, -0.2) is 29.7 Å². The van der Waals surface area contributed by atoms with Gasteiger partial charge in [0.15, 0.2) is 0 Å². The number of nitrogens with zero attached hydrogens (tertiary/aromatic N) is 1. The molecule has 2 rings (SSSR count). The minimum absolute atomic E-state index is 0.111. The fourth-order valence-corrected chi connectivity index (χ4v) is 2.27. The number of hydrazine groups is 1. The predicted molar refractivity (Wildman–Crippen MR) is 93.5 cm³/mol. The smallest absolute Gasteiger partial charge is 0.238 e. The molecule has 0 aliphatic heterocycles. The van der Waals surface area contributed by atoms with Crippen molar-refractivity contribution in [3.8, 4) is 5.75 Å². The molecule has 5 nitrogen and oxygen atoms in total. The Hall–Kier alpha value is -2.08. The van der Waals surface area contributed by atoms with E-state index in [2.05, 4.69) is 5.43 Å². The van der Waals surface area contributed by atoms with Gasteiger partial charge in [-0.3, -0.25) is 9.80 Å². The number of nitrogens with one attached hydrogen (secondary N) is 1. The molecular weight excluding hydrogens is 328 g/mol. The number of benzene rings is 2. The lowest BCUT2D eigenvalue weighted by molar-refractivity contribution is -0.133. The molecule has 0 aromatic heterocycles. The van der Waals surface area contributed by atoms with Gasteiger partial charge in [-0.2, -0.15) is 0 Å². The first-order valence-corrected chi connectivity index (χ1v) is 8.03. The first-order chi connectivity index (χ1) is 11.6. The third kappa shape index (κ3) is 5.85. The summed E-state index contributed by atoms with van der Waals surface area (Å²) in [6.07, 6.45) is 0.111. The zero-order valence-corrected chi connectivity index (χ0v) is 14.3. The Labute approximate surface area is 146 Å². The molecule has 1 amide bonds. The summed E-state index contributed by atoms with van der Waals surface area (Å²) in [5.74, 6) is 0.613. The maximum absolute atomic E-state index is 11.5. The molecular formula is C18H21ClN2O3. The molecule has 6 heteroatoms. The minimum Gasteiger partial charge on any atom is -0.489 e. The van der Waals surface area contributed by atoms with Crippen LogP contribution >= 0.6 is 11.6 Å². The summed E-state index contributed by atoms with van der Waals surface area (Å²) in [6.45, 7) is 0.822. The first-order valence-electron chi connectivity index (χ1n) is 7.65. The van der Waals surface area contributed by atoms with Gasteiger partial charge >= 0.3 is 0 Å². The van der Waals surface area contributed by atoms with E-state index >= 15 is 0 Å². The summed E-state index contributed by atoms with van der Waals surface area (Å²) in [6, 6.07) is 15.2. The molecule has 0 aliphatic rings. The Bertz CT molecular complexity index is 662. The number of carbonyl (C=O) groups is 1. The van der Waals surface area contributed by atoms with Crippen LogP contribution in [0.4, 0.5) is 0 Å². The summed E-state index contributed by atoms with van der Waals surface area (Å²) < 4.78 is 5.73. The topological polar surface area (TPSA) is 61.8 Å². The van der Waals surface area contributed by atoms with Gasteiger partial charge in [0.25, 0.3) is 0 Å². The van der Waals surface area contributed by atoms with Gasteiger partial charge < -0.3 is 9.84 Å². The molecule has 0 bridgehead atoms. The van der Waals surface area contributed by atoms with Crippen molar-refractivity contribution in [3.05, 3.63) is 64.7 Å². The maximum atomic E-state index is 11.5.